The van der Waals surface area contributed by atoms with Crippen LogP contribution >= 0.6 is 11.9 Å². The van der Waals surface area contributed by atoms with E-state index in [0.29, 0.717) is 12.0 Å². The molecule has 2 rings (SSSR count). The number of hydrogen-bond donors (Lipinski definition) is 2. The maximum absolute atomic E-state index is 11.1. The minimum absolute atomic E-state index is 0.0446. The van der Waals surface area contributed by atoms with Crippen molar-refractivity contribution in [1.82, 2.24) is 4.31 Å². The molecule has 0 radical (unpaired) electrons. The molecule has 2 aliphatic rings. The topological polar surface area (TPSA) is 75.8 Å². The fourth-order valence-electron chi connectivity index (χ4n) is 1.82. The molecule has 0 spiro atoms. The van der Waals surface area contributed by atoms with Crippen LogP contribution in [0.2, 0.25) is 0 Å². The Morgan fingerprint density at radius 2 is 2.47 bits per heavy atom. The predicted molar refractivity (Wildman–Crippen MR) is 65.4 cm³/mol. The van der Waals surface area contributed by atoms with E-state index in [-0.39, 0.29) is 24.8 Å². The van der Waals surface area contributed by atoms with E-state index in [1.165, 1.54) is 11.9 Å². The van der Waals surface area contributed by atoms with Crippen LogP contribution in [0.3, 0.4) is 0 Å². The molecule has 0 aromatic heterocycles. The van der Waals surface area contributed by atoms with Gasteiger partial charge in [-0.15, -0.1) is 0 Å². The Morgan fingerprint density at radius 3 is 3.12 bits per heavy atom. The number of carbonyl (C=O) groups excluding carboxylic acids is 1. The number of allylic oxidation sites excluding steroid dienone is 1. The summed E-state index contributed by atoms with van der Waals surface area (Å²) >= 11 is 1.41. The summed E-state index contributed by atoms with van der Waals surface area (Å²) in [5, 5.41) is 10.8. The van der Waals surface area contributed by atoms with E-state index in [9.17, 15) is 4.79 Å². The molecule has 5 nitrogen and oxygen atoms in total. The summed E-state index contributed by atoms with van der Waals surface area (Å²) < 4.78 is 7.61. The fourth-order valence-corrected chi connectivity index (χ4v) is 2.73. The molecule has 0 aliphatic carbocycles. The molecule has 1 fully saturated rings. The third-order valence-corrected chi connectivity index (χ3v) is 3.79. The van der Waals surface area contributed by atoms with Gasteiger partial charge in [-0.3, -0.25) is 9.10 Å². The second kappa shape index (κ2) is 5.57. The van der Waals surface area contributed by atoms with Crippen molar-refractivity contribution in [3.63, 3.8) is 0 Å². The van der Waals surface area contributed by atoms with Gasteiger partial charge < -0.3 is 15.6 Å². The number of aliphatic hydroxyl groups is 1. The van der Waals surface area contributed by atoms with Crippen LogP contribution in [0, 0.1) is 0 Å². The molecule has 17 heavy (non-hydrogen) atoms. The first-order valence-corrected chi connectivity index (χ1v) is 6.41. The monoisotopic (exact) mass is 256 g/mol. The van der Waals surface area contributed by atoms with E-state index >= 15 is 0 Å². The van der Waals surface area contributed by atoms with Gasteiger partial charge in [0.1, 0.15) is 6.23 Å². The van der Waals surface area contributed by atoms with Crippen LogP contribution in [0.5, 0.6) is 0 Å². The van der Waals surface area contributed by atoms with Crippen molar-refractivity contribution in [3.05, 3.63) is 23.3 Å². The van der Waals surface area contributed by atoms with Crippen molar-refractivity contribution < 1.29 is 14.6 Å². The molecule has 2 unspecified atom stereocenters. The van der Waals surface area contributed by atoms with Crippen LogP contribution in [0.15, 0.2) is 23.3 Å². The maximum atomic E-state index is 11.1. The minimum Gasteiger partial charge on any atom is -0.394 e. The van der Waals surface area contributed by atoms with Crippen molar-refractivity contribution in [2.24, 2.45) is 5.73 Å². The molecule has 2 aliphatic heterocycles. The lowest BCUT2D eigenvalue weighted by atomic mass is 10.2. The molecular formula is C11H16N2O3S. The first-order chi connectivity index (χ1) is 8.20. The van der Waals surface area contributed by atoms with Gasteiger partial charge in [-0.25, -0.2) is 0 Å². The molecule has 0 aromatic carbocycles. The summed E-state index contributed by atoms with van der Waals surface area (Å²) in [5.74, 6) is -0.385. The number of ether oxygens (including phenoxy) is 1. The van der Waals surface area contributed by atoms with Crippen LogP contribution in [-0.4, -0.2) is 34.3 Å². The Hall–Kier alpha value is -0.980. The van der Waals surface area contributed by atoms with Gasteiger partial charge in [0.15, 0.2) is 0 Å². The Labute approximate surface area is 104 Å². The Bertz CT molecular complexity index is 357. The molecule has 3 N–H and O–H groups in total. The molecule has 0 saturated carbocycles. The third-order valence-electron chi connectivity index (χ3n) is 2.80. The number of hydrogen-bond acceptors (Lipinski definition) is 5. The molecule has 2 atom stereocenters. The zero-order valence-electron chi connectivity index (χ0n) is 9.41. The van der Waals surface area contributed by atoms with E-state index in [2.05, 4.69) is 0 Å². The standard InChI is InChI=1S/C11H16N2O3S/c12-11(15)8-2-1-5-13(17-7-8)10-4-3-9(6-14)16-10/h1,5,7,9-10,14H,2-4,6H2,(H2,12,15). The lowest BCUT2D eigenvalue weighted by Crippen LogP contribution is -2.25. The second-order valence-corrected chi connectivity index (χ2v) is 4.90. The maximum Gasteiger partial charge on any atom is 0.245 e. The molecule has 1 saturated heterocycles. The van der Waals surface area contributed by atoms with E-state index in [1.807, 2.05) is 16.6 Å². The summed E-state index contributed by atoms with van der Waals surface area (Å²) in [5.41, 5.74) is 5.84. The molecular weight excluding hydrogens is 240 g/mol. The number of rotatable bonds is 3. The Morgan fingerprint density at radius 1 is 1.65 bits per heavy atom. The van der Waals surface area contributed by atoms with Crippen LogP contribution in [0.1, 0.15) is 19.3 Å². The first-order valence-electron chi connectivity index (χ1n) is 5.57. The van der Waals surface area contributed by atoms with E-state index in [4.69, 9.17) is 15.6 Å². The highest BCUT2D eigenvalue weighted by Crippen LogP contribution is 2.30. The minimum atomic E-state index is -0.385. The highest BCUT2D eigenvalue weighted by atomic mass is 32.2. The molecule has 1 amide bonds. The van der Waals surface area contributed by atoms with Gasteiger partial charge in [-0.2, -0.15) is 0 Å². The summed E-state index contributed by atoms with van der Waals surface area (Å²) in [6.07, 6.45) is 5.97. The van der Waals surface area contributed by atoms with Crippen LogP contribution in [0.4, 0.5) is 0 Å². The molecule has 2 heterocycles. The van der Waals surface area contributed by atoms with Gasteiger partial charge in [0.2, 0.25) is 5.91 Å². The van der Waals surface area contributed by atoms with Crippen molar-refractivity contribution in [2.75, 3.05) is 6.61 Å². The predicted octanol–water partition coefficient (Wildman–Crippen LogP) is 0.721. The fraction of sp³-hybridized carbons (Fsp3) is 0.545. The number of nitrogens with two attached hydrogens (primary N) is 1. The highest BCUT2D eigenvalue weighted by molar-refractivity contribution is 8.00. The van der Waals surface area contributed by atoms with Gasteiger partial charge in [-0.05, 0) is 31.2 Å². The van der Waals surface area contributed by atoms with Crippen LogP contribution < -0.4 is 5.73 Å². The molecule has 0 bridgehead atoms. The Kier molecular flexibility index (Phi) is 4.09. The van der Waals surface area contributed by atoms with Crippen molar-refractivity contribution in [2.45, 2.75) is 31.6 Å². The summed E-state index contributed by atoms with van der Waals surface area (Å²) in [6.45, 7) is 0.0566. The molecule has 94 valence electrons. The summed E-state index contributed by atoms with van der Waals surface area (Å²) in [7, 11) is 0. The third kappa shape index (κ3) is 3.02. The highest BCUT2D eigenvalue weighted by Gasteiger charge is 2.28. The van der Waals surface area contributed by atoms with Crippen molar-refractivity contribution >= 4 is 17.9 Å². The van der Waals surface area contributed by atoms with Crippen molar-refractivity contribution in [3.8, 4) is 0 Å². The van der Waals surface area contributed by atoms with Crippen molar-refractivity contribution in [1.29, 1.82) is 0 Å². The van der Waals surface area contributed by atoms with E-state index in [1.54, 1.807) is 5.41 Å². The Balaban J connectivity index is 1.97. The lowest BCUT2D eigenvalue weighted by molar-refractivity contribution is -0.114. The van der Waals surface area contributed by atoms with Gasteiger partial charge in [0.25, 0.3) is 0 Å². The summed E-state index contributed by atoms with van der Waals surface area (Å²) in [4.78, 5) is 11.1. The summed E-state index contributed by atoms with van der Waals surface area (Å²) in [6, 6.07) is 0. The first kappa shape index (κ1) is 12.5. The van der Waals surface area contributed by atoms with Gasteiger partial charge >= 0.3 is 0 Å². The van der Waals surface area contributed by atoms with Gasteiger partial charge in [-0.1, -0.05) is 6.08 Å². The number of carbonyl (C=O) groups is 1. The lowest BCUT2D eigenvalue weighted by Gasteiger charge is -2.23. The van der Waals surface area contributed by atoms with E-state index in [0.717, 1.165) is 12.8 Å². The zero-order chi connectivity index (χ0) is 12.3. The average molecular weight is 256 g/mol. The number of aliphatic hydroxyl groups excluding tert-OH is 1. The SMILES string of the molecule is NC(=O)C1=CSN(C2CCC(CO)O2)C=CC1. The smallest absolute Gasteiger partial charge is 0.245 e. The second-order valence-electron chi connectivity index (χ2n) is 4.03. The normalized spacial score (nSPS) is 29.0. The molecule has 6 heteroatoms. The quantitative estimate of drug-likeness (QED) is 0.728. The van der Waals surface area contributed by atoms with Gasteiger partial charge in [0, 0.05) is 17.2 Å². The largest absolute Gasteiger partial charge is 0.394 e. The zero-order valence-corrected chi connectivity index (χ0v) is 10.2. The molecule has 0 aromatic rings. The number of primary amides is 1. The average Bonchev–Trinajstić information content (AvgIpc) is 2.65. The van der Waals surface area contributed by atoms with Gasteiger partial charge in [0.05, 0.1) is 12.7 Å². The number of nitrogens with zero attached hydrogens (tertiary/aromatic N) is 1. The van der Waals surface area contributed by atoms with Crippen LogP contribution in [-0.2, 0) is 9.53 Å². The van der Waals surface area contributed by atoms with Crippen LogP contribution in [0.25, 0.3) is 0 Å². The number of amides is 1. The van der Waals surface area contributed by atoms with E-state index < -0.39 is 0 Å².